The number of halogens is 1. The van der Waals surface area contributed by atoms with E-state index < -0.39 is 10.0 Å². The topological polar surface area (TPSA) is 71.3 Å². The maximum absolute atomic E-state index is 11.3. The molecule has 0 amide bonds. The number of rotatable bonds is 6. The van der Waals surface area contributed by atoms with Gasteiger partial charge in [0.1, 0.15) is 5.76 Å². The minimum absolute atomic E-state index is 0.0361. The molecule has 0 spiro atoms. The van der Waals surface area contributed by atoms with Gasteiger partial charge in [0.15, 0.2) is 0 Å². The van der Waals surface area contributed by atoms with Crippen LogP contribution in [0.4, 0.5) is 11.4 Å². The van der Waals surface area contributed by atoms with Gasteiger partial charge < -0.3 is 9.73 Å². The summed E-state index contributed by atoms with van der Waals surface area (Å²) in [5, 5.41) is 3.78. The van der Waals surface area contributed by atoms with E-state index in [0.717, 1.165) is 18.4 Å². The number of sulfonamides is 1. The van der Waals surface area contributed by atoms with Crippen LogP contribution in [0.15, 0.2) is 41.0 Å². The molecule has 1 aromatic carbocycles. The molecule has 2 aromatic rings. The zero-order chi connectivity index (χ0) is 15.5. The van der Waals surface area contributed by atoms with Crippen LogP contribution >= 0.6 is 11.6 Å². The Kier molecular flexibility index (Phi) is 4.80. The average molecular weight is 329 g/mol. The fourth-order valence-electron chi connectivity index (χ4n) is 1.97. The van der Waals surface area contributed by atoms with E-state index in [1.807, 2.05) is 19.1 Å². The van der Waals surface area contributed by atoms with Crippen LogP contribution in [0.5, 0.6) is 0 Å². The Morgan fingerprint density at radius 3 is 2.67 bits per heavy atom. The average Bonchev–Trinajstić information content (AvgIpc) is 2.91. The van der Waals surface area contributed by atoms with E-state index in [2.05, 4.69) is 10.0 Å². The maximum atomic E-state index is 11.3. The second-order valence-corrected chi connectivity index (χ2v) is 6.85. The Hall–Kier alpha value is -1.66. The minimum atomic E-state index is -3.32. The molecule has 5 nitrogen and oxygen atoms in total. The van der Waals surface area contributed by atoms with Crippen LogP contribution in [0.3, 0.4) is 0 Å². The van der Waals surface area contributed by atoms with Crippen LogP contribution in [0, 0.1) is 0 Å². The third-order valence-corrected chi connectivity index (χ3v) is 3.83. The van der Waals surface area contributed by atoms with Gasteiger partial charge in [0.25, 0.3) is 0 Å². The molecule has 0 radical (unpaired) electrons. The Morgan fingerprint density at radius 1 is 1.33 bits per heavy atom. The third-order valence-electron chi connectivity index (χ3n) is 2.89. The van der Waals surface area contributed by atoms with Gasteiger partial charge in [-0.1, -0.05) is 18.5 Å². The summed E-state index contributed by atoms with van der Waals surface area (Å²) in [6, 6.07) is 8.59. The highest BCUT2D eigenvalue weighted by atomic mass is 35.5. The molecule has 1 aromatic heterocycles. The summed E-state index contributed by atoms with van der Waals surface area (Å²) in [6.07, 6.45) is 3.52. The summed E-state index contributed by atoms with van der Waals surface area (Å²) >= 11 is 6.16. The normalized spacial score (nSPS) is 12.9. The highest BCUT2D eigenvalue weighted by Gasteiger charge is 2.14. The van der Waals surface area contributed by atoms with Gasteiger partial charge >= 0.3 is 0 Å². The number of nitrogens with one attached hydrogen (secondary N) is 2. The molecule has 0 aliphatic rings. The quantitative estimate of drug-likeness (QED) is 0.844. The molecule has 0 saturated heterocycles. The molecule has 1 unspecified atom stereocenters. The van der Waals surface area contributed by atoms with Crippen molar-refractivity contribution >= 4 is 33.0 Å². The second-order valence-electron chi connectivity index (χ2n) is 4.69. The van der Waals surface area contributed by atoms with Crippen molar-refractivity contribution in [2.75, 3.05) is 16.3 Å². The van der Waals surface area contributed by atoms with Crippen molar-refractivity contribution < 1.29 is 12.8 Å². The first-order valence-corrected chi connectivity index (χ1v) is 8.73. The summed E-state index contributed by atoms with van der Waals surface area (Å²) in [5.41, 5.74) is 1.10. The van der Waals surface area contributed by atoms with Gasteiger partial charge in [-0.3, -0.25) is 4.72 Å². The lowest BCUT2D eigenvalue weighted by Gasteiger charge is -2.18. The number of anilines is 2. The monoisotopic (exact) mass is 328 g/mol. The van der Waals surface area contributed by atoms with E-state index >= 15 is 0 Å². The first kappa shape index (κ1) is 15.7. The van der Waals surface area contributed by atoms with E-state index in [1.165, 1.54) is 0 Å². The minimum Gasteiger partial charge on any atom is -0.467 e. The summed E-state index contributed by atoms with van der Waals surface area (Å²) in [5.74, 6) is 0.801. The Balaban J connectivity index is 2.24. The summed E-state index contributed by atoms with van der Waals surface area (Å²) in [4.78, 5) is 0. The molecule has 0 aliphatic carbocycles. The molecule has 2 N–H and O–H groups in total. The van der Waals surface area contributed by atoms with Crippen molar-refractivity contribution in [2.45, 2.75) is 19.4 Å². The molecule has 0 bridgehead atoms. The highest BCUT2D eigenvalue weighted by molar-refractivity contribution is 7.92. The van der Waals surface area contributed by atoms with Crippen LogP contribution in [0.25, 0.3) is 0 Å². The summed E-state index contributed by atoms with van der Waals surface area (Å²) < 4.78 is 30.4. The zero-order valence-electron chi connectivity index (χ0n) is 11.8. The van der Waals surface area contributed by atoms with E-state index in [0.29, 0.717) is 16.4 Å². The van der Waals surface area contributed by atoms with E-state index in [1.54, 1.807) is 24.5 Å². The van der Waals surface area contributed by atoms with Crippen molar-refractivity contribution in [3.63, 3.8) is 0 Å². The fraction of sp³-hybridized carbons (Fsp3) is 0.286. The molecule has 114 valence electrons. The molecule has 1 heterocycles. The van der Waals surface area contributed by atoms with E-state index in [9.17, 15) is 8.42 Å². The van der Waals surface area contributed by atoms with E-state index in [-0.39, 0.29) is 6.04 Å². The first-order chi connectivity index (χ1) is 9.89. The highest BCUT2D eigenvalue weighted by Crippen LogP contribution is 2.30. The first-order valence-electron chi connectivity index (χ1n) is 6.46. The molecular formula is C14H17ClN2O3S. The molecule has 0 fully saturated rings. The van der Waals surface area contributed by atoms with Crippen molar-refractivity contribution in [3.05, 3.63) is 47.4 Å². The van der Waals surface area contributed by atoms with Gasteiger partial charge in [-0.15, -0.1) is 0 Å². The van der Waals surface area contributed by atoms with Crippen molar-refractivity contribution in [1.82, 2.24) is 0 Å². The second kappa shape index (κ2) is 6.41. The van der Waals surface area contributed by atoms with Gasteiger partial charge in [-0.2, -0.15) is 0 Å². The van der Waals surface area contributed by atoms with Gasteiger partial charge in [-0.25, -0.2) is 8.42 Å². The lowest BCUT2D eigenvalue weighted by molar-refractivity contribution is 0.474. The van der Waals surface area contributed by atoms with Crippen LogP contribution < -0.4 is 10.0 Å². The van der Waals surface area contributed by atoms with Crippen molar-refractivity contribution in [3.8, 4) is 0 Å². The molecular weight excluding hydrogens is 312 g/mol. The van der Waals surface area contributed by atoms with Crippen LogP contribution in [-0.2, 0) is 10.0 Å². The SMILES string of the molecule is CCC(Nc1cc(NS(C)(=O)=O)ccc1Cl)c1ccco1. The molecule has 0 saturated carbocycles. The smallest absolute Gasteiger partial charge is 0.229 e. The zero-order valence-corrected chi connectivity index (χ0v) is 13.3. The predicted octanol–water partition coefficient (Wildman–Crippen LogP) is 3.87. The Bertz CT molecular complexity index is 699. The molecule has 21 heavy (non-hydrogen) atoms. The van der Waals surface area contributed by atoms with Gasteiger partial charge in [-0.05, 0) is 36.8 Å². The molecule has 1 atom stereocenters. The van der Waals surface area contributed by atoms with Crippen LogP contribution in [0.2, 0.25) is 5.02 Å². The molecule has 0 aliphatic heterocycles. The van der Waals surface area contributed by atoms with Crippen molar-refractivity contribution in [1.29, 1.82) is 0 Å². The third kappa shape index (κ3) is 4.41. The van der Waals surface area contributed by atoms with Crippen LogP contribution in [-0.4, -0.2) is 14.7 Å². The Morgan fingerprint density at radius 2 is 2.10 bits per heavy atom. The predicted molar refractivity (Wildman–Crippen MR) is 85.3 cm³/mol. The van der Waals surface area contributed by atoms with Gasteiger partial charge in [0.2, 0.25) is 10.0 Å². The van der Waals surface area contributed by atoms with Crippen molar-refractivity contribution in [2.24, 2.45) is 0 Å². The Labute approximate surface area is 129 Å². The summed E-state index contributed by atoms with van der Waals surface area (Å²) in [6.45, 7) is 2.02. The fourth-order valence-corrected chi connectivity index (χ4v) is 2.69. The maximum Gasteiger partial charge on any atom is 0.229 e. The number of furan rings is 1. The number of hydrogen-bond acceptors (Lipinski definition) is 4. The molecule has 7 heteroatoms. The lowest BCUT2D eigenvalue weighted by Crippen LogP contribution is -2.11. The summed E-state index contributed by atoms with van der Waals surface area (Å²) in [7, 11) is -3.32. The van der Waals surface area contributed by atoms with Crippen LogP contribution in [0.1, 0.15) is 25.1 Å². The van der Waals surface area contributed by atoms with E-state index in [4.69, 9.17) is 16.0 Å². The standard InChI is InChI=1S/C14H17ClN2O3S/c1-3-12(14-5-4-8-20-14)16-13-9-10(6-7-11(13)15)17-21(2,18)19/h4-9,12,16-17H,3H2,1-2H3. The number of benzene rings is 1. The lowest BCUT2D eigenvalue weighted by atomic mass is 10.1. The largest absolute Gasteiger partial charge is 0.467 e. The number of hydrogen-bond donors (Lipinski definition) is 2. The molecule has 2 rings (SSSR count). The van der Waals surface area contributed by atoms with Gasteiger partial charge in [0, 0.05) is 0 Å². The van der Waals surface area contributed by atoms with Gasteiger partial charge in [0.05, 0.1) is 35.0 Å².